The van der Waals surface area contributed by atoms with Crippen LogP contribution in [0.2, 0.25) is 10.0 Å². The predicted octanol–water partition coefficient (Wildman–Crippen LogP) is 5.99. The zero-order valence-corrected chi connectivity index (χ0v) is 18.1. The largest absolute Gasteiger partial charge is 0.493 e. The standard InChI is InChI=1S/C22H15Cl2NO4S/c1-27-18-11-13(10-17-22(26)29-21(25-17)19-7-4-8-30-19)9-16(24)20(18)28-12-14-5-2-3-6-15(14)23/h2-11H,12H2,1H3/b17-10-. The van der Waals surface area contributed by atoms with Crippen molar-refractivity contribution >= 4 is 52.5 Å². The summed E-state index contributed by atoms with van der Waals surface area (Å²) in [6.07, 6.45) is 1.59. The fraction of sp³-hybridized carbons (Fsp3) is 0.0909. The lowest BCUT2D eigenvalue weighted by atomic mass is 10.1. The van der Waals surface area contributed by atoms with E-state index in [0.29, 0.717) is 33.0 Å². The second-order valence-electron chi connectivity index (χ2n) is 6.23. The van der Waals surface area contributed by atoms with Gasteiger partial charge in [-0.2, -0.15) is 0 Å². The molecule has 8 heteroatoms. The average Bonchev–Trinajstić information content (AvgIpc) is 3.38. The lowest BCUT2D eigenvalue weighted by Gasteiger charge is -2.14. The quantitative estimate of drug-likeness (QED) is 0.335. The second-order valence-corrected chi connectivity index (χ2v) is 7.99. The van der Waals surface area contributed by atoms with Crippen molar-refractivity contribution in [2.45, 2.75) is 6.61 Å². The third-order valence-electron chi connectivity index (χ3n) is 4.24. The van der Waals surface area contributed by atoms with Crippen LogP contribution in [0.15, 0.2) is 64.6 Å². The summed E-state index contributed by atoms with van der Waals surface area (Å²) in [5, 5.41) is 2.83. The number of cyclic esters (lactones) is 1. The molecule has 0 aliphatic carbocycles. The fourth-order valence-electron chi connectivity index (χ4n) is 2.80. The van der Waals surface area contributed by atoms with Crippen LogP contribution in [0.1, 0.15) is 16.0 Å². The molecule has 0 saturated carbocycles. The number of carbonyl (C=O) groups excluding carboxylic acids is 1. The van der Waals surface area contributed by atoms with Gasteiger partial charge in [0.1, 0.15) is 6.61 Å². The van der Waals surface area contributed by atoms with Crippen LogP contribution < -0.4 is 9.47 Å². The van der Waals surface area contributed by atoms with Crippen molar-refractivity contribution in [1.82, 2.24) is 0 Å². The summed E-state index contributed by atoms with van der Waals surface area (Å²) in [6.45, 7) is 0.233. The maximum Gasteiger partial charge on any atom is 0.363 e. The van der Waals surface area contributed by atoms with E-state index < -0.39 is 5.97 Å². The normalized spacial score (nSPS) is 14.6. The summed E-state index contributed by atoms with van der Waals surface area (Å²) in [6, 6.07) is 14.5. The molecule has 152 valence electrons. The van der Waals surface area contributed by atoms with Crippen LogP contribution in [-0.2, 0) is 16.1 Å². The molecule has 1 aromatic heterocycles. The summed E-state index contributed by atoms with van der Waals surface area (Å²) < 4.78 is 16.5. The van der Waals surface area contributed by atoms with Crippen molar-refractivity contribution in [2.75, 3.05) is 7.11 Å². The predicted molar refractivity (Wildman–Crippen MR) is 119 cm³/mol. The summed E-state index contributed by atoms with van der Waals surface area (Å²) in [5.74, 6) is 0.583. The van der Waals surface area contributed by atoms with Gasteiger partial charge in [0, 0.05) is 10.6 Å². The summed E-state index contributed by atoms with van der Waals surface area (Å²) in [5.41, 5.74) is 1.64. The minimum Gasteiger partial charge on any atom is -0.493 e. The number of nitrogens with zero attached hydrogens (tertiary/aromatic N) is 1. The first kappa shape index (κ1) is 20.5. The van der Waals surface area contributed by atoms with Crippen molar-refractivity contribution in [2.24, 2.45) is 4.99 Å². The van der Waals surface area contributed by atoms with Gasteiger partial charge in [0.25, 0.3) is 0 Å². The van der Waals surface area contributed by atoms with E-state index in [-0.39, 0.29) is 12.3 Å². The van der Waals surface area contributed by atoms with Gasteiger partial charge in [0.05, 0.1) is 17.0 Å². The van der Waals surface area contributed by atoms with Crippen LogP contribution in [0.4, 0.5) is 0 Å². The van der Waals surface area contributed by atoms with Gasteiger partial charge in [-0.3, -0.25) is 0 Å². The van der Waals surface area contributed by atoms with Crippen LogP contribution in [0.25, 0.3) is 6.08 Å². The molecule has 0 spiro atoms. The van der Waals surface area contributed by atoms with E-state index in [4.69, 9.17) is 37.4 Å². The third-order valence-corrected chi connectivity index (χ3v) is 5.74. The number of benzene rings is 2. The maximum absolute atomic E-state index is 12.2. The minimum atomic E-state index is -0.521. The summed E-state index contributed by atoms with van der Waals surface area (Å²) in [4.78, 5) is 17.2. The number of esters is 1. The Morgan fingerprint density at radius 2 is 1.97 bits per heavy atom. The van der Waals surface area contributed by atoms with Crippen LogP contribution in [-0.4, -0.2) is 19.0 Å². The molecule has 0 N–H and O–H groups in total. The molecule has 5 nitrogen and oxygen atoms in total. The SMILES string of the molecule is COc1cc(/C=C2\N=C(c3cccs3)OC2=O)cc(Cl)c1OCc1ccccc1Cl. The molecule has 1 aliphatic rings. The smallest absolute Gasteiger partial charge is 0.363 e. The number of halogens is 2. The van der Waals surface area contributed by atoms with Gasteiger partial charge in [-0.15, -0.1) is 11.3 Å². The highest BCUT2D eigenvalue weighted by atomic mass is 35.5. The van der Waals surface area contributed by atoms with E-state index in [1.54, 1.807) is 24.3 Å². The highest BCUT2D eigenvalue weighted by molar-refractivity contribution is 7.12. The molecule has 1 aliphatic heterocycles. The Labute approximate surface area is 187 Å². The number of methoxy groups -OCH3 is 1. The van der Waals surface area contributed by atoms with Crippen molar-refractivity contribution in [3.63, 3.8) is 0 Å². The van der Waals surface area contributed by atoms with Crippen LogP contribution in [0.5, 0.6) is 11.5 Å². The van der Waals surface area contributed by atoms with E-state index >= 15 is 0 Å². The van der Waals surface area contributed by atoms with Crippen molar-refractivity contribution in [3.8, 4) is 11.5 Å². The topological polar surface area (TPSA) is 57.1 Å². The van der Waals surface area contributed by atoms with Crippen molar-refractivity contribution in [1.29, 1.82) is 0 Å². The van der Waals surface area contributed by atoms with E-state index in [9.17, 15) is 4.79 Å². The fourth-order valence-corrected chi connectivity index (χ4v) is 3.91. The van der Waals surface area contributed by atoms with E-state index in [1.165, 1.54) is 18.4 Å². The molecular weight excluding hydrogens is 445 g/mol. The number of thiophene rings is 1. The van der Waals surface area contributed by atoms with Crippen LogP contribution >= 0.6 is 34.5 Å². The molecule has 30 heavy (non-hydrogen) atoms. The molecule has 3 aromatic rings. The molecule has 0 bridgehead atoms. The van der Waals surface area contributed by atoms with Crippen LogP contribution in [0.3, 0.4) is 0 Å². The maximum atomic E-state index is 12.2. The monoisotopic (exact) mass is 459 g/mol. The highest BCUT2D eigenvalue weighted by Crippen LogP contribution is 2.38. The van der Waals surface area contributed by atoms with Gasteiger partial charge in [0.2, 0.25) is 5.90 Å². The van der Waals surface area contributed by atoms with Crippen LogP contribution in [0, 0.1) is 0 Å². The lowest BCUT2D eigenvalue weighted by Crippen LogP contribution is -2.03. The first-order valence-corrected chi connectivity index (χ1v) is 10.5. The Morgan fingerprint density at radius 1 is 1.13 bits per heavy atom. The minimum absolute atomic E-state index is 0.182. The molecule has 0 amide bonds. The number of rotatable bonds is 6. The molecule has 0 fully saturated rings. The Morgan fingerprint density at radius 3 is 2.70 bits per heavy atom. The third kappa shape index (κ3) is 4.36. The number of aliphatic imine (C=N–C) groups is 1. The highest BCUT2D eigenvalue weighted by Gasteiger charge is 2.25. The molecule has 0 saturated heterocycles. The molecule has 4 rings (SSSR count). The molecule has 2 heterocycles. The second kappa shape index (κ2) is 8.92. The van der Waals surface area contributed by atoms with Gasteiger partial charge < -0.3 is 14.2 Å². The first-order valence-electron chi connectivity index (χ1n) is 8.85. The van der Waals surface area contributed by atoms with Gasteiger partial charge in [-0.1, -0.05) is 47.5 Å². The lowest BCUT2D eigenvalue weighted by molar-refractivity contribution is -0.129. The molecule has 2 aromatic carbocycles. The van der Waals surface area contributed by atoms with Crippen molar-refractivity contribution < 1.29 is 19.0 Å². The Balaban J connectivity index is 1.60. The van der Waals surface area contributed by atoms with E-state index in [2.05, 4.69) is 4.99 Å². The molecular formula is C22H15Cl2NO4S. The number of ether oxygens (including phenoxy) is 3. The van der Waals surface area contributed by atoms with E-state index in [1.807, 2.05) is 35.7 Å². The van der Waals surface area contributed by atoms with Gasteiger partial charge in [-0.05, 0) is 41.3 Å². The Kier molecular flexibility index (Phi) is 6.08. The first-order chi connectivity index (χ1) is 14.5. The summed E-state index contributed by atoms with van der Waals surface area (Å²) in [7, 11) is 1.52. The van der Waals surface area contributed by atoms with E-state index in [0.717, 1.165) is 10.4 Å². The number of carbonyl (C=O) groups is 1. The van der Waals surface area contributed by atoms with Gasteiger partial charge in [0.15, 0.2) is 17.2 Å². The Bertz CT molecular complexity index is 1160. The zero-order valence-electron chi connectivity index (χ0n) is 15.7. The zero-order chi connectivity index (χ0) is 21.1. The van der Waals surface area contributed by atoms with Gasteiger partial charge >= 0.3 is 5.97 Å². The van der Waals surface area contributed by atoms with Crippen molar-refractivity contribution in [3.05, 3.63) is 85.7 Å². The average molecular weight is 460 g/mol. The number of hydrogen-bond acceptors (Lipinski definition) is 6. The number of hydrogen-bond donors (Lipinski definition) is 0. The Hall–Kier alpha value is -2.80. The molecule has 0 atom stereocenters. The summed E-state index contributed by atoms with van der Waals surface area (Å²) >= 11 is 14.1. The molecule has 0 radical (unpaired) electrons. The molecule has 0 unspecified atom stereocenters. The van der Waals surface area contributed by atoms with Gasteiger partial charge in [-0.25, -0.2) is 9.79 Å².